The molecule has 0 spiro atoms. The molecule has 0 unspecified atom stereocenters. The zero-order valence-electron chi connectivity index (χ0n) is 10.3. The number of amides is 1. The van der Waals surface area contributed by atoms with Crippen molar-refractivity contribution in [3.8, 4) is 0 Å². The molecule has 0 aliphatic heterocycles. The SMILES string of the molecule is CCNc1ccc(C(=O)Nc2ccn(C)n2)nc1. The van der Waals surface area contributed by atoms with Crippen molar-refractivity contribution < 1.29 is 4.79 Å². The van der Waals surface area contributed by atoms with Crippen LogP contribution in [0.5, 0.6) is 0 Å². The van der Waals surface area contributed by atoms with E-state index in [1.54, 1.807) is 36.3 Å². The van der Waals surface area contributed by atoms with Crippen molar-refractivity contribution in [2.75, 3.05) is 17.2 Å². The summed E-state index contributed by atoms with van der Waals surface area (Å²) in [5, 5.41) is 9.86. The third-order valence-electron chi connectivity index (χ3n) is 2.33. The van der Waals surface area contributed by atoms with E-state index in [0.717, 1.165) is 12.2 Å². The number of aromatic nitrogens is 3. The second-order valence-electron chi connectivity index (χ2n) is 3.79. The van der Waals surface area contributed by atoms with Crippen LogP contribution >= 0.6 is 0 Å². The fourth-order valence-corrected chi connectivity index (χ4v) is 1.50. The molecule has 0 aliphatic carbocycles. The van der Waals surface area contributed by atoms with Crippen LogP contribution in [0.25, 0.3) is 0 Å². The number of carbonyl (C=O) groups excluding carboxylic acids is 1. The summed E-state index contributed by atoms with van der Waals surface area (Å²) in [5.41, 5.74) is 1.26. The van der Waals surface area contributed by atoms with Crippen molar-refractivity contribution in [2.24, 2.45) is 7.05 Å². The van der Waals surface area contributed by atoms with E-state index in [1.165, 1.54) is 0 Å². The highest BCUT2D eigenvalue weighted by Gasteiger charge is 2.08. The van der Waals surface area contributed by atoms with E-state index in [2.05, 4.69) is 20.7 Å². The molecule has 6 heteroatoms. The number of aryl methyl sites for hydroxylation is 1. The molecule has 0 fully saturated rings. The minimum atomic E-state index is -0.267. The van der Waals surface area contributed by atoms with Crippen molar-refractivity contribution in [3.63, 3.8) is 0 Å². The van der Waals surface area contributed by atoms with Gasteiger partial charge in [0.25, 0.3) is 5.91 Å². The number of nitrogens with one attached hydrogen (secondary N) is 2. The normalized spacial score (nSPS) is 10.1. The van der Waals surface area contributed by atoms with Crippen LogP contribution in [0.3, 0.4) is 0 Å². The van der Waals surface area contributed by atoms with Gasteiger partial charge in [-0.2, -0.15) is 5.10 Å². The van der Waals surface area contributed by atoms with Crippen LogP contribution in [-0.2, 0) is 7.05 Å². The van der Waals surface area contributed by atoms with Gasteiger partial charge in [-0.25, -0.2) is 4.98 Å². The van der Waals surface area contributed by atoms with Crippen LogP contribution in [0, 0.1) is 0 Å². The van der Waals surface area contributed by atoms with Crippen LogP contribution in [0.15, 0.2) is 30.6 Å². The standard InChI is InChI=1S/C12H15N5O/c1-3-13-9-4-5-10(14-8-9)12(18)15-11-6-7-17(2)16-11/h4-8,13H,3H2,1-2H3,(H,15,16,18). The summed E-state index contributed by atoms with van der Waals surface area (Å²) in [6.45, 7) is 2.82. The minimum absolute atomic E-state index is 0.267. The second-order valence-corrected chi connectivity index (χ2v) is 3.79. The molecule has 0 aliphatic rings. The first-order valence-electron chi connectivity index (χ1n) is 5.70. The van der Waals surface area contributed by atoms with Gasteiger partial charge in [-0.15, -0.1) is 0 Å². The number of pyridine rings is 1. The van der Waals surface area contributed by atoms with Crippen LogP contribution in [0.4, 0.5) is 11.5 Å². The maximum atomic E-state index is 11.8. The van der Waals surface area contributed by atoms with Gasteiger partial charge in [-0.1, -0.05) is 0 Å². The van der Waals surface area contributed by atoms with Crippen molar-refractivity contribution in [1.29, 1.82) is 0 Å². The van der Waals surface area contributed by atoms with Gasteiger partial charge in [0.2, 0.25) is 0 Å². The van der Waals surface area contributed by atoms with Crippen LogP contribution in [-0.4, -0.2) is 27.2 Å². The average molecular weight is 245 g/mol. The molecule has 18 heavy (non-hydrogen) atoms. The average Bonchev–Trinajstić information content (AvgIpc) is 2.76. The number of hydrogen-bond donors (Lipinski definition) is 2. The Labute approximate surface area is 105 Å². The van der Waals surface area contributed by atoms with Crippen molar-refractivity contribution >= 4 is 17.4 Å². The van der Waals surface area contributed by atoms with Gasteiger partial charge < -0.3 is 10.6 Å². The molecule has 1 amide bonds. The number of nitrogens with zero attached hydrogens (tertiary/aromatic N) is 3. The molecule has 0 aromatic carbocycles. The molecular formula is C12H15N5O. The maximum absolute atomic E-state index is 11.8. The van der Waals surface area contributed by atoms with E-state index >= 15 is 0 Å². The Morgan fingerprint density at radius 1 is 1.39 bits per heavy atom. The van der Waals surface area contributed by atoms with E-state index in [1.807, 2.05) is 13.0 Å². The fraction of sp³-hybridized carbons (Fsp3) is 0.250. The third kappa shape index (κ3) is 2.85. The Morgan fingerprint density at radius 2 is 2.22 bits per heavy atom. The Bertz CT molecular complexity index is 532. The van der Waals surface area contributed by atoms with E-state index in [9.17, 15) is 4.79 Å². The lowest BCUT2D eigenvalue weighted by atomic mass is 10.3. The van der Waals surface area contributed by atoms with Gasteiger partial charge in [-0.05, 0) is 19.1 Å². The second kappa shape index (κ2) is 5.31. The van der Waals surface area contributed by atoms with Crippen LogP contribution < -0.4 is 10.6 Å². The van der Waals surface area contributed by atoms with E-state index in [4.69, 9.17) is 0 Å². The van der Waals surface area contributed by atoms with Crippen molar-refractivity contribution in [3.05, 3.63) is 36.3 Å². The molecule has 2 N–H and O–H groups in total. The molecule has 94 valence electrons. The number of carbonyl (C=O) groups is 1. The molecule has 2 aromatic rings. The largest absolute Gasteiger partial charge is 0.384 e. The van der Waals surface area contributed by atoms with E-state index < -0.39 is 0 Å². The molecule has 0 atom stereocenters. The summed E-state index contributed by atoms with van der Waals surface area (Å²) in [6, 6.07) is 5.23. The Morgan fingerprint density at radius 3 is 2.78 bits per heavy atom. The number of rotatable bonds is 4. The highest BCUT2D eigenvalue weighted by atomic mass is 16.1. The zero-order valence-corrected chi connectivity index (χ0v) is 10.3. The molecule has 2 heterocycles. The molecule has 0 bridgehead atoms. The van der Waals surface area contributed by atoms with Gasteiger partial charge >= 0.3 is 0 Å². The fourth-order valence-electron chi connectivity index (χ4n) is 1.50. The van der Waals surface area contributed by atoms with Gasteiger partial charge in [0.15, 0.2) is 5.82 Å². The zero-order chi connectivity index (χ0) is 13.0. The monoisotopic (exact) mass is 245 g/mol. The topological polar surface area (TPSA) is 71.8 Å². The number of anilines is 2. The first kappa shape index (κ1) is 12.1. The van der Waals surface area contributed by atoms with Gasteiger partial charge in [0, 0.05) is 25.9 Å². The smallest absolute Gasteiger partial charge is 0.275 e. The first-order chi connectivity index (χ1) is 8.69. The van der Waals surface area contributed by atoms with Gasteiger partial charge in [0.05, 0.1) is 11.9 Å². The van der Waals surface area contributed by atoms with Crippen molar-refractivity contribution in [1.82, 2.24) is 14.8 Å². The van der Waals surface area contributed by atoms with E-state index in [-0.39, 0.29) is 5.91 Å². The summed E-state index contributed by atoms with van der Waals surface area (Å²) in [5.74, 6) is 0.247. The molecule has 0 radical (unpaired) electrons. The summed E-state index contributed by atoms with van der Waals surface area (Å²) in [6.07, 6.45) is 3.40. The Balaban J connectivity index is 2.04. The van der Waals surface area contributed by atoms with Crippen LogP contribution in [0.1, 0.15) is 17.4 Å². The highest BCUT2D eigenvalue weighted by molar-refractivity contribution is 6.02. The lowest BCUT2D eigenvalue weighted by Crippen LogP contribution is -2.14. The lowest BCUT2D eigenvalue weighted by Gasteiger charge is -2.04. The first-order valence-corrected chi connectivity index (χ1v) is 5.70. The lowest BCUT2D eigenvalue weighted by molar-refractivity contribution is 0.102. The van der Waals surface area contributed by atoms with Gasteiger partial charge in [-0.3, -0.25) is 9.48 Å². The Hall–Kier alpha value is -2.37. The molecule has 2 aromatic heterocycles. The highest BCUT2D eigenvalue weighted by Crippen LogP contribution is 2.08. The molecular weight excluding hydrogens is 230 g/mol. The number of hydrogen-bond acceptors (Lipinski definition) is 4. The summed E-state index contributed by atoms with van der Waals surface area (Å²) in [7, 11) is 1.79. The predicted molar refractivity (Wildman–Crippen MR) is 69.6 cm³/mol. The van der Waals surface area contributed by atoms with E-state index in [0.29, 0.717) is 11.5 Å². The van der Waals surface area contributed by atoms with Gasteiger partial charge in [0.1, 0.15) is 5.69 Å². The van der Waals surface area contributed by atoms with Crippen LogP contribution in [0.2, 0.25) is 0 Å². The third-order valence-corrected chi connectivity index (χ3v) is 2.33. The summed E-state index contributed by atoms with van der Waals surface area (Å²) in [4.78, 5) is 15.9. The molecule has 0 saturated heterocycles. The minimum Gasteiger partial charge on any atom is -0.384 e. The summed E-state index contributed by atoms with van der Waals surface area (Å²) >= 11 is 0. The summed E-state index contributed by atoms with van der Waals surface area (Å²) < 4.78 is 1.62. The predicted octanol–water partition coefficient (Wildman–Crippen LogP) is 1.50. The molecule has 0 saturated carbocycles. The maximum Gasteiger partial charge on any atom is 0.275 e. The van der Waals surface area contributed by atoms with Crippen molar-refractivity contribution in [2.45, 2.75) is 6.92 Å². The quantitative estimate of drug-likeness (QED) is 0.856. The molecule has 6 nitrogen and oxygen atoms in total. The molecule has 2 rings (SSSR count). The Kier molecular flexibility index (Phi) is 3.57.